The maximum Gasteiger partial charge on any atom is 0.0998 e. The van der Waals surface area contributed by atoms with E-state index in [1.165, 1.54) is 6.42 Å². The first-order valence-electron chi connectivity index (χ1n) is 6.05. The van der Waals surface area contributed by atoms with Gasteiger partial charge in [0.1, 0.15) is 0 Å². The first-order chi connectivity index (χ1) is 7.74. The van der Waals surface area contributed by atoms with Crippen LogP contribution < -0.4 is 0 Å². The molecule has 2 fully saturated rings. The fourth-order valence-corrected chi connectivity index (χ4v) is 3.34. The molecule has 2 aliphatic rings. The van der Waals surface area contributed by atoms with Crippen molar-refractivity contribution in [3.8, 4) is 6.07 Å². The van der Waals surface area contributed by atoms with E-state index >= 15 is 0 Å². The lowest BCUT2D eigenvalue weighted by atomic mass is 9.78. The summed E-state index contributed by atoms with van der Waals surface area (Å²) in [5, 5.41) is 9.00. The van der Waals surface area contributed by atoms with Gasteiger partial charge in [0.15, 0.2) is 0 Å². The van der Waals surface area contributed by atoms with Crippen LogP contribution in [0, 0.1) is 23.2 Å². The normalized spacial score (nSPS) is 40.8. The number of alkyl halides is 1. The van der Waals surface area contributed by atoms with Gasteiger partial charge in [-0.05, 0) is 25.2 Å². The fraction of sp³-hybridized carbons (Fsp3) is 0.917. The van der Waals surface area contributed by atoms with Crippen molar-refractivity contribution < 1.29 is 4.74 Å². The molecular weight excluding hydrogens is 315 g/mol. The molecule has 0 spiro atoms. The van der Waals surface area contributed by atoms with Gasteiger partial charge in [-0.25, -0.2) is 0 Å². The standard InChI is InChI=1S/C12H19IN2O/c1-9-4-11(3-2-10(9)6-14)15-7-12(5-13)16-8-15/h9-12H,2-5,7-8H2,1H3/t9?,10?,11?,12-/m1/s1. The molecule has 4 heteroatoms. The summed E-state index contributed by atoms with van der Waals surface area (Å²) in [4.78, 5) is 2.47. The molecule has 90 valence electrons. The summed E-state index contributed by atoms with van der Waals surface area (Å²) in [6.07, 6.45) is 3.81. The largest absolute Gasteiger partial charge is 0.361 e. The second-order valence-electron chi connectivity index (χ2n) is 5.02. The van der Waals surface area contributed by atoms with Crippen LogP contribution in [0.5, 0.6) is 0 Å². The van der Waals surface area contributed by atoms with E-state index in [0.29, 0.717) is 18.1 Å². The highest BCUT2D eigenvalue weighted by atomic mass is 127. The zero-order valence-electron chi connectivity index (χ0n) is 9.73. The van der Waals surface area contributed by atoms with E-state index in [9.17, 15) is 0 Å². The lowest BCUT2D eigenvalue weighted by molar-refractivity contribution is 0.0667. The zero-order valence-corrected chi connectivity index (χ0v) is 11.9. The Kier molecular flexibility index (Phi) is 4.45. The van der Waals surface area contributed by atoms with Gasteiger partial charge in [-0.2, -0.15) is 5.26 Å². The highest BCUT2D eigenvalue weighted by molar-refractivity contribution is 14.1. The van der Waals surface area contributed by atoms with Gasteiger partial charge in [-0.1, -0.05) is 29.5 Å². The number of nitrogens with zero attached hydrogens (tertiary/aromatic N) is 2. The van der Waals surface area contributed by atoms with E-state index in [4.69, 9.17) is 10.00 Å². The summed E-state index contributed by atoms with van der Waals surface area (Å²) in [7, 11) is 0. The van der Waals surface area contributed by atoms with Crippen molar-refractivity contribution in [1.82, 2.24) is 4.90 Å². The molecule has 1 aliphatic heterocycles. The lowest BCUT2D eigenvalue weighted by Gasteiger charge is -2.35. The molecule has 16 heavy (non-hydrogen) atoms. The second-order valence-corrected chi connectivity index (χ2v) is 5.90. The molecule has 3 unspecified atom stereocenters. The van der Waals surface area contributed by atoms with Crippen LogP contribution in [-0.4, -0.2) is 34.7 Å². The monoisotopic (exact) mass is 334 g/mol. The minimum Gasteiger partial charge on any atom is -0.361 e. The smallest absolute Gasteiger partial charge is 0.0998 e. The summed E-state index contributed by atoms with van der Waals surface area (Å²) < 4.78 is 6.79. The first kappa shape index (κ1) is 12.6. The third-order valence-electron chi connectivity index (χ3n) is 3.91. The van der Waals surface area contributed by atoms with Crippen molar-refractivity contribution in [3.05, 3.63) is 0 Å². The number of hydrogen-bond acceptors (Lipinski definition) is 3. The van der Waals surface area contributed by atoms with Gasteiger partial charge in [0.05, 0.1) is 18.9 Å². The van der Waals surface area contributed by atoms with Crippen molar-refractivity contribution in [2.45, 2.75) is 38.3 Å². The SMILES string of the molecule is CC1CC(N2CO[C@H](CI)C2)CCC1C#N. The molecular formula is C12H19IN2O. The lowest BCUT2D eigenvalue weighted by Crippen LogP contribution is -2.39. The van der Waals surface area contributed by atoms with Gasteiger partial charge < -0.3 is 4.74 Å². The summed E-state index contributed by atoms with van der Waals surface area (Å²) in [6, 6.07) is 3.08. The summed E-state index contributed by atoms with van der Waals surface area (Å²) in [5.74, 6) is 0.822. The Morgan fingerprint density at radius 2 is 2.31 bits per heavy atom. The Morgan fingerprint density at radius 3 is 2.88 bits per heavy atom. The number of nitriles is 1. The van der Waals surface area contributed by atoms with Gasteiger partial charge in [0.25, 0.3) is 0 Å². The van der Waals surface area contributed by atoms with Crippen LogP contribution >= 0.6 is 22.6 Å². The molecule has 0 bridgehead atoms. The van der Waals surface area contributed by atoms with E-state index in [2.05, 4.69) is 40.5 Å². The molecule has 1 saturated heterocycles. The number of halogens is 1. The Balaban J connectivity index is 1.86. The van der Waals surface area contributed by atoms with E-state index in [-0.39, 0.29) is 5.92 Å². The summed E-state index contributed by atoms with van der Waals surface area (Å²) in [5.41, 5.74) is 0. The molecule has 1 saturated carbocycles. The molecule has 4 atom stereocenters. The fourth-order valence-electron chi connectivity index (χ4n) is 2.81. The maximum absolute atomic E-state index is 9.00. The van der Waals surface area contributed by atoms with Crippen LogP contribution in [0.1, 0.15) is 26.2 Å². The molecule has 0 amide bonds. The molecule has 1 aliphatic carbocycles. The van der Waals surface area contributed by atoms with Crippen LogP contribution in [0.2, 0.25) is 0 Å². The topological polar surface area (TPSA) is 36.3 Å². The maximum atomic E-state index is 9.00. The number of hydrogen-bond donors (Lipinski definition) is 0. The third kappa shape index (κ3) is 2.69. The average Bonchev–Trinajstić information content (AvgIpc) is 2.77. The van der Waals surface area contributed by atoms with Crippen molar-refractivity contribution in [2.24, 2.45) is 11.8 Å². The molecule has 2 rings (SSSR count). The minimum atomic E-state index is 0.278. The van der Waals surface area contributed by atoms with Crippen LogP contribution in [0.15, 0.2) is 0 Å². The van der Waals surface area contributed by atoms with Crippen molar-refractivity contribution in [2.75, 3.05) is 17.7 Å². The predicted octanol–water partition coefficient (Wildman–Crippen LogP) is 2.41. The molecule has 3 nitrogen and oxygen atoms in total. The highest BCUT2D eigenvalue weighted by Gasteiger charge is 2.34. The van der Waals surface area contributed by atoms with Crippen molar-refractivity contribution >= 4 is 22.6 Å². The Labute approximate surface area is 111 Å². The summed E-state index contributed by atoms with van der Waals surface area (Å²) >= 11 is 2.39. The van der Waals surface area contributed by atoms with E-state index < -0.39 is 0 Å². The van der Waals surface area contributed by atoms with Gasteiger partial charge in [0, 0.05) is 22.9 Å². The molecule has 0 aromatic rings. The molecule has 0 aromatic carbocycles. The molecule has 0 radical (unpaired) electrons. The summed E-state index contributed by atoms with van der Waals surface area (Å²) in [6.45, 7) is 4.09. The van der Waals surface area contributed by atoms with Crippen molar-refractivity contribution in [1.29, 1.82) is 5.26 Å². The molecule has 1 heterocycles. The number of rotatable bonds is 2. The quantitative estimate of drug-likeness (QED) is 0.575. The van der Waals surface area contributed by atoms with E-state index in [0.717, 1.165) is 30.5 Å². The first-order valence-corrected chi connectivity index (χ1v) is 7.58. The van der Waals surface area contributed by atoms with Gasteiger partial charge in [0.2, 0.25) is 0 Å². The zero-order chi connectivity index (χ0) is 11.5. The van der Waals surface area contributed by atoms with Crippen LogP contribution in [-0.2, 0) is 4.74 Å². The Morgan fingerprint density at radius 1 is 1.50 bits per heavy atom. The Bertz CT molecular complexity index is 279. The van der Waals surface area contributed by atoms with Gasteiger partial charge >= 0.3 is 0 Å². The predicted molar refractivity (Wildman–Crippen MR) is 71.2 cm³/mol. The van der Waals surface area contributed by atoms with Crippen molar-refractivity contribution in [3.63, 3.8) is 0 Å². The van der Waals surface area contributed by atoms with Crippen LogP contribution in [0.25, 0.3) is 0 Å². The average molecular weight is 334 g/mol. The number of ether oxygens (including phenoxy) is 1. The minimum absolute atomic E-state index is 0.278. The van der Waals surface area contributed by atoms with Crippen LogP contribution in [0.4, 0.5) is 0 Å². The van der Waals surface area contributed by atoms with E-state index in [1.54, 1.807) is 0 Å². The van der Waals surface area contributed by atoms with Crippen LogP contribution in [0.3, 0.4) is 0 Å². The molecule has 0 aromatic heterocycles. The van der Waals surface area contributed by atoms with E-state index in [1.807, 2.05) is 0 Å². The second kappa shape index (κ2) is 5.65. The Hall–Kier alpha value is 0.140. The highest BCUT2D eigenvalue weighted by Crippen LogP contribution is 2.33. The van der Waals surface area contributed by atoms with Gasteiger partial charge in [-0.3, -0.25) is 4.90 Å². The van der Waals surface area contributed by atoms with Gasteiger partial charge in [-0.15, -0.1) is 0 Å². The molecule has 0 N–H and O–H groups in total. The third-order valence-corrected chi connectivity index (χ3v) is 4.89.